The summed E-state index contributed by atoms with van der Waals surface area (Å²) < 4.78 is 9.95. The van der Waals surface area contributed by atoms with Gasteiger partial charge < -0.3 is 13.9 Å². The van der Waals surface area contributed by atoms with Crippen LogP contribution in [-0.2, 0) is 18.3 Å². The molecule has 1 aliphatic heterocycles. The number of thioether (sulfide) groups is 1. The minimum absolute atomic E-state index is 0.118. The van der Waals surface area contributed by atoms with Crippen LogP contribution in [0.25, 0.3) is 11.4 Å². The fourth-order valence-electron chi connectivity index (χ4n) is 4.06. The Labute approximate surface area is 181 Å². The molecule has 6 nitrogen and oxygen atoms in total. The van der Waals surface area contributed by atoms with Gasteiger partial charge in [-0.3, -0.25) is 4.79 Å². The predicted molar refractivity (Wildman–Crippen MR) is 119 cm³/mol. The SMILES string of the molecule is Cc1ccccc1-c1nnc(SCC(=O)c2cc(C)n(C[C@@H]3CCCO3)c2C)n1C. The Bertz CT molecular complexity index is 1060. The van der Waals surface area contributed by atoms with Crippen LogP contribution in [0.15, 0.2) is 35.5 Å². The molecule has 1 atom stereocenters. The molecule has 1 aromatic carbocycles. The van der Waals surface area contributed by atoms with Crippen molar-refractivity contribution >= 4 is 17.5 Å². The number of carbonyl (C=O) groups is 1. The zero-order chi connectivity index (χ0) is 21.3. The summed E-state index contributed by atoms with van der Waals surface area (Å²) in [4.78, 5) is 13.0. The van der Waals surface area contributed by atoms with Gasteiger partial charge in [-0.25, -0.2) is 0 Å². The number of ether oxygens (including phenoxy) is 1. The minimum atomic E-state index is 0.118. The van der Waals surface area contributed by atoms with E-state index >= 15 is 0 Å². The number of ketones is 1. The number of aryl methyl sites for hydroxylation is 2. The third-order valence-corrected chi connectivity index (χ3v) is 6.86. The smallest absolute Gasteiger partial charge is 0.191 e. The molecule has 0 unspecified atom stereocenters. The molecule has 0 aliphatic carbocycles. The lowest BCUT2D eigenvalue weighted by Gasteiger charge is -2.14. The van der Waals surface area contributed by atoms with E-state index in [2.05, 4.69) is 34.7 Å². The number of nitrogens with zero attached hydrogens (tertiary/aromatic N) is 4. The molecule has 0 radical (unpaired) electrons. The first-order valence-corrected chi connectivity index (χ1v) is 11.3. The minimum Gasteiger partial charge on any atom is -0.376 e. The Morgan fingerprint density at radius 3 is 2.77 bits per heavy atom. The van der Waals surface area contributed by atoms with E-state index in [0.717, 1.165) is 65.1 Å². The van der Waals surface area contributed by atoms with Crippen LogP contribution in [-0.4, -0.2) is 43.6 Å². The fraction of sp³-hybridized carbons (Fsp3) is 0.435. The molecule has 1 aliphatic rings. The molecule has 1 fully saturated rings. The van der Waals surface area contributed by atoms with E-state index < -0.39 is 0 Å². The summed E-state index contributed by atoms with van der Waals surface area (Å²) in [5.74, 6) is 1.27. The van der Waals surface area contributed by atoms with Gasteiger partial charge in [-0.2, -0.15) is 0 Å². The highest BCUT2D eigenvalue weighted by atomic mass is 32.2. The molecule has 0 bridgehead atoms. The number of hydrogen-bond acceptors (Lipinski definition) is 5. The molecule has 7 heteroatoms. The molecule has 0 amide bonds. The molecule has 1 saturated heterocycles. The first-order chi connectivity index (χ1) is 14.5. The number of aromatic nitrogens is 4. The highest BCUT2D eigenvalue weighted by Crippen LogP contribution is 2.26. The van der Waals surface area contributed by atoms with Gasteiger partial charge in [-0.05, 0) is 45.2 Å². The van der Waals surface area contributed by atoms with Crippen LogP contribution < -0.4 is 0 Å². The number of Topliss-reactive ketones (excluding diaryl/α,β-unsaturated/α-hetero) is 1. The summed E-state index contributed by atoms with van der Waals surface area (Å²) in [7, 11) is 1.95. The van der Waals surface area contributed by atoms with Crippen molar-refractivity contribution in [1.82, 2.24) is 19.3 Å². The van der Waals surface area contributed by atoms with E-state index in [4.69, 9.17) is 4.74 Å². The third-order valence-electron chi connectivity index (χ3n) is 5.84. The van der Waals surface area contributed by atoms with Crippen molar-refractivity contribution in [2.45, 2.75) is 51.4 Å². The Hall–Kier alpha value is -2.38. The zero-order valence-corrected chi connectivity index (χ0v) is 18.8. The van der Waals surface area contributed by atoms with Crippen LogP contribution in [0.1, 0.15) is 40.2 Å². The van der Waals surface area contributed by atoms with Crippen LogP contribution in [0.2, 0.25) is 0 Å². The Kier molecular flexibility index (Phi) is 6.11. The number of benzene rings is 1. The molecule has 2 aromatic heterocycles. The number of carbonyl (C=O) groups excluding carboxylic acids is 1. The van der Waals surface area contributed by atoms with E-state index in [1.54, 1.807) is 0 Å². The molecule has 158 valence electrons. The molecular formula is C23H28N4O2S. The topological polar surface area (TPSA) is 61.9 Å². The van der Waals surface area contributed by atoms with Gasteiger partial charge in [0.25, 0.3) is 0 Å². The second kappa shape index (κ2) is 8.78. The lowest BCUT2D eigenvalue weighted by atomic mass is 10.1. The molecule has 0 spiro atoms. The standard InChI is InChI=1S/C23H28N4O2S/c1-15-8-5-6-10-19(15)22-24-25-23(26(22)4)30-14-21(28)20-12-16(2)27(17(20)3)13-18-9-7-11-29-18/h5-6,8,10,12,18H,7,9,11,13-14H2,1-4H3/t18-/m0/s1. The van der Waals surface area contributed by atoms with Crippen molar-refractivity contribution in [2.24, 2.45) is 7.05 Å². The third kappa shape index (κ3) is 4.09. The molecule has 0 saturated carbocycles. The summed E-state index contributed by atoms with van der Waals surface area (Å²) in [6.07, 6.45) is 2.46. The maximum atomic E-state index is 13.0. The zero-order valence-electron chi connectivity index (χ0n) is 18.0. The van der Waals surface area contributed by atoms with Gasteiger partial charge >= 0.3 is 0 Å². The van der Waals surface area contributed by atoms with E-state index in [9.17, 15) is 4.79 Å². The van der Waals surface area contributed by atoms with Gasteiger partial charge in [0.05, 0.1) is 11.9 Å². The van der Waals surface area contributed by atoms with Gasteiger partial charge in [0.1, 0.15) is 0 Å². The second-order valence-corrected chi connectivity index (χ2v) is 8.86. The summed E-state index contributed by atoms with van der Waals surface area (Å²) in [5.41, 5.74) is 5.13. The summed E-state index contributed by atoms with van der Waals surface area (Å²) >= 11 is 1.43. The maximum Gasteiger partial charge on any atom is 0.191 e. The lowest BCUT2D eigenvalue weighted by Crippen LogP contribution is -2.17. The normalized spacial score (nSPS) is 16.3. The van der Waals surface area contributed by atoms with Crippen LogP contribution in [0.3, 0.4) is 0 Å². The van der Waals surface area contributed by atoms with Crippen LogP contribution in [0, 0.1) is 20.8 Å². The lowest BCUT2D eigenvalue weighted by molar-refractivity contribution is 0.0957. The van der Waals surface area contributed by atoms with Gasteiger partial charge in [0.2, 0.25) is 0 Å². The van der Waals surface area contributed by atoms with Crippen molar-refractivity contribution in [3.8, 4) is 11.4 Å². The largest absolute Gasteiger partial charge is 0.376 e. The Morgan fingerprint density at radius 1 is 1.23 bits per heavy atom. The van der Waals surface area contributed by atoms with E-state index in [-0.39, 0.29) is 11.9 Å². The fourth-order valence-corrected chi connectivity index (χ4v) is 4.86. The summed E-state index contributed by atoms with van der Waals surface area (Å²) in [5, 5.41) is 9.41. The van der Waals surface area contributed by atoms with E-state index in [0.29, 0.717) is 5.75 Å². The first-order valence-electron chi connectivity index (χ1n) is 10.4. The monoisotopic (exact) mass is 424 g/mol. The highest BCUT2D eigenvalue weighted by Gasteiger charge is 2.22. The highest BCUT2D eigenvalue weighted by molar-refractivity contribution is 7.99. The predicted octanol–water partition coefficient (Wildman–Crippen LogP) is 4.36. The van der Waals surface area contributed by atoms with E-state index in [1.165, 1.54) is 11.8 Å². The Balaban J connectivity index is 1.46. The van der Waals surface area contributed by atoms with Crippen molar-refractivity contribution in [3.63, 3.8) is 0 Å². The van der Waals surface area contributed by atoms with Crippen LogP contribution in [0.5, 0.6) is 0 Å². The average molecular weight is 425 g/mol. The molecular weight excluding hydrogens is 396 g/mol. The van der Waals surface area contributed by atoms with Gasteiger partial charge in [-0.1, -0.05) is 36.0 Å². The average Bonchev–Trinajstić information content (AvgIpc) is 3.44. The summed E-state index contributed by atoms with van der Waals surface area (Å²) in [6, 6.07) is 10.1. The Morgan fingerprint density at radius 2 is 2.03 bits per heavy atom. The molecule has 3 aromatic rings. The van der Waals surface area contributed by atoms with Crippen LogP contribution >= 0.6 is 11.8 Å². The van der Waals surface area contributed by atoms with Crippen molar-refractivity contribution in [2.75, 3.05) is 12.4 Å². The molecule has 4 rings (SSSR count). The van der Waals surface area contributed by atoms with Crippen LogP contribution in [0.4, 0.5) is 0 Å². The second-order valence-electron chi connectivity index (χ2n) is 7.92. The summed E-state index contributed by atoms with van der Waals surface area (Å²) in [6.45, 7) is 7.81. The molecule has 3 heterocycles. The van der Waals surface area contributed by atoms with E-state index in [1.807, 2.05) is 42.8 Å². The maximum absolute atomic E-state index is 13.0. The van der Waals surface area contributed by atoms with Crippen molar-refractivity contribution in [3.05, 3.63) is 52.8 Å². The molecule has 30 heavy (non-hydrogen) atoms. The number of hydrogen-bond donors (Lipinski definition) is 0. The number of rotatable bonds is 7. The van der Waals surface area contributed by atoms with Gasteiger partial charge in [0, 0.05) is 42.7 Å². The van der Waals surface area contributed by atoms with Crippen molar-refractivity contribution in [1.29, 1.82) is 0 Å². The van der Waals surface area contributed by atoms with Gasteiger partial charge in [0.15, 0.2) is 16.8 Å². The van der Waals surface area contributed by atoms with Gasteiger partial charge in [-0.15, -0.1) is 10.2 Å². The van der Waals surface area contributed by atoms with Crippen molar-refractivity contribution < 1.29 is 9.53 Å². The quantitative estimate of drug-likeness (QED) is 0.416. The first kappa shape index (κ1) is 20.9. The molecule has 0 N–H and O–H groups in total.